The maximum absolute atomic E-state index is 5.51. The summed E-state index contributed by atoms with van der Waals surface area (Å²) < 4.78 is 8.26. The zero-order valence-corrected chi connectivity index (χ0v) is 15.5. The molecular formula is C17H19BrN6O. The zero-order chi connectivity index (χ0) is 17.2. The van der Waals surface area contributed by atoms with Gasteiger partial charge < -0.3 is 15.4 Å². The van der Waals surface area contributed by atoms with Gasteiger partial charge in [0.2, 0.25) is 5.95 Å². The smallest absolute Gasteiger partial charge is 0.244 e. The summed E-state index contributed by atoms with van der Waals surface area (Å²) in [6.07, 6.45) is 4.03. The van der Waals surface area contributed by atoms with Crippen molar-refractivity contribution >= 4 is 27.4 Å². The Balaban J connectivity index is 1.75. The van der Waals surface area contributed by atoms with Crippen LogP contribution >= 0.6 is 15.9 Å². The Morgan fingerprint density at radius 2 is 2.24 bits per heavy atom. The minimum atomic E-state index is 0.337. The summed E-state index contributed by atoms with van der Waals surface area (Å²) in [5, 5.41) is 20.1. The van der Waals surface area contributed by atoms with Crippen molar-refractivity contribution in [3.8, 4) is 17.0 Å². The maximum Gasteiger partial charge on any atom is 0.244 e. The molecule has 25 heavy (non-hydrogen) atoms. The number of halogens is 1. The molecule has 1 aliphatic heterocycles. The highest BCUT2D eigenvalue weighted by molar-refractivity contribution is 9.10. The standard InChI is InChI=1S/C17H19BrN6O/c1-25-15-9-11(18)4-5-13(15)16-14-6-8-20-24(14)17(23-22-16)21-12-3-2-7-19-10-12/h4-6,8-9,12,19H,2-3,7,10H2,1H3,(H,21,23)/t12-/m1/s1. The van der Waals surface area contributed by atoms with Gasteiger partial charge in [0.15, 0.2) is 0 Å². The van der Waals surface area contributed by atoms with Crippen LogP contribution in [0, 0.1) is 0 Å². The highest BCUT2D eigenvalue weighted by Crippen LogP contribution is 2.33. The van der Waals surface area contributed by atoms with Gasteiger partial charge in [0.1, 0.15) is 11.4 Å². The fraction of sp³-hybridized carbons (Fsp3) is 0.353. The number of benzene rings is 1. The summed E-state index contributed by atoms with van der Waals surface area (Å²) in [6.45, 7) is 2.00. The molecule has 130 valence electrons. The van der Waals surface area contributed by atoms with Crippen molar-refractivity contribution in [3.05, 3.63) is 34.9 Å². The Kier molecular flexibility index (Phi) is 4.54. The van der Waals surface area contributed by atoms with E-state index < -0.39 is 0 Å². The van der Waals surface area contributed by atoms with E-state index in [-0.39, 0.29) is 0 Å². The predicted molar refractivity (Wildman–Crippen MR) is 100.0 cm³/mol. The molecule has 0 bridgehead atoms. The Hall–Kier alpha value is -2.19. The first-order valence-electron chi connectivity index (χ1n) is 8.28. The lowest BCUT2D eigenvalue weighted by Crippen LogP contribution is -2.39. The first-order valence-corrected chi connectivity index (χ1v) is 9.07. The molecule has 3 heterocycles. The monoisotopic (exact) mass is 402 g/mol. The SMILES string of the molecule is COc1cc(Br)ccc1-c1nnc(N[C@@H]2CCCNC2)n2nccc12. The lowest BCUT2D eigenvalue weighted by Gasteiger charge is -2.24. The number of piperidine rings is 1. The largest absolute Gasteiger partial charge is 0.496 e. The van der Waals surface area contributed by atoms with Crippen molar-refractivity contribution in [3.63, 3.8) is 0 Å². The van der Waals surface area contributed by atoms with Crippen LogP contribution in [0.25, 0.3) is 16.8 Å². The molecule has 0 spiro atoms. The number of ether oxygens (including phenoxy) is 1. The second-order valence-electron chi connectivity index (χ2n) is 6.03. The summed E-state index contributed by atoms with van der Waals surface area (Å²) >= 11 is 3.47. The van der Waals surface area contributed by atoms with Gasteiger partial charge in [0, 0.05) is 22.6 Å². The summed E-state index contributed by atoms with van der Waals surface area (Å²) in [5.74, 6) is 1.40. The van der Waals surface area contributed by atoms with E-state index in [1.807, 2.05) is 24.3 Å². The number of anilines is 1. The molecule has 2 N–H and O–H groups in total. The second-order valence-corrected chi connectivity index (χ2v) is 6.95. The molecule has 3 aromatic rings. The van der Waals surface area contributed by atoms with Crippen LogP contribution in [-0.2, 0) is 0 Å². The molecule has 0 saturated carbocycles. The molecule has 8 heteroatoms. The van der Waals surface area contributed by atoms with Crippen LogP contribution in [0.5, 0.6) is 5.75 Å². The summed E-state index contributed by atoms with van der Waals surface area (Å²) in [6, 6.07) is 8.13. The molecule has 0 aliphatic carbocycles. The number of nitrogens with one attached hydrogen (secondary N) is 2. The first kappa shape index (κ1) is 16.3. The highest BCUT2D eigenvalue weighted by Gasteiger charge is 2.18. The van der Waals surface area contributed by atoms with Gasteiger partial charge in [-0.15, -0.1) is 10.2 Å². The van der Waals surface area contributed by atoms with E-state index >= 15 is 0 Å². The van der Waals surface area contributed by atoms with Crippen molar-refractivity contribution in [2.24, 2.45) is 0 Å². The van der Waals surface area contributed by atoms with Crippen LogP contribution in [-0.4, -0.2) is 46.1 Å². The number of aromatic nitrogens is 4. The number of hydrogen-bond donors (Lipinski definition) is 2. The molecule has 1 atom stereocenters. The summed E-state index contributed by atoms with van der Waals surface area (Å²) in [4.78, 5) is 0. The lowest BCUT2D eigenvalue weighted by molar-refractivity contribution is 0.416. The molecule has 1 saturated heterocycles. The van der Waals surface area contributed by atoms with Crippen molar-refractivity contribution in [2.75, 3.05) is 25.5 Å². The van der Waals surface area contributed by atoms with Gasteiger partial charge in [-0.25, -0.2) is 0 Å². The van der Waals surface area contributed by atoms with Gasteiger partial charge in [-0.1, -0.05) is 15.9 Å². The van der Waals surface area contributed by atoms with Crippen molar-refractivity contribution in [2.45, 2.75) is 18.9 Å². The fourth-order valence-corrected chi connectivity index (χ4v) is 3.48. The molecule has 0 unspecified atom stereocenters. The Bertz CT molecular complexity index is 890. The maximum atomic E-state index is 5.51. The third-order valence-electron chi connectivity index (χ3n) is 4.38. The normalized spacial score (nSPS) is 17.6. The molecule has 0 radical (unpaired) electrons. The van der Waals surface area contributed by atoms with Crippen LogP contribution in [0.1, 0.15) is 12.8 Å². The van der Waals surface area contributed by atoms with Gasteiger partial charge >= 0.3 is 0 Å². The first-order chi connectivity index (χ1) is 12.3. The summed E-state index contributed by atoms with van der Waals surface area (Å²) in [7, 11) is 1.65. The highest BCUT2D eigenvalue weighted by atomic mass is 79.9. The average Bonchev–Trinajstić information content (AvgIpc) is 3.13. The quantitative estimate of drug-likeness (QED) is 0.698. The van der Waals surface area contributed by atoms with E-state index in [9.17, 15) is 0 Å². The molecule has 1 aromatic carbocycles. The Labute approximate surface area is 153 Å². The van der Waals surface area contributed by atoms with Gasteiger partial charge in [0.25, 0.3) is 0 Å². The van der Waals surface area contributed by atoms with Crippen LogP contribution in [0.2, 0.25) is 0 Å². The van der Waals surface area contributed by atoms with Crippen molar-refractivity contribution in [1.82, 2.24) is 25.1 Å². The predicted octanol–water partition coefficient (Wildman–Crippen LogP) is 2.73. The number of methoxy groups -OCH3 is 1. The van der Waals surface area contributed by atoms with Crippen molar-refractivity contribution in [1.29, 1.82) is 0 Å². The van der Waals surface area contributed by atoms with Crippen LogP contribution < -0.4 is 15.4 Å². The lowest BCUT2D eigenvalue weighted by atomic mass is 10.1. The van der Waals surface area contributed by atoms with Gasteiger partial charge in [-0.2, -0.15) is 9.61 Å². The molecular weight excluding hydrogens is 384 g/mol. The van der Waals surface area contributed by atoms with Gasteiger partial charge in [-0.3, -0.25) is 0 Å². The molecule has 4 rings (SSSR count). The molecule has 1 aliphatic rings. The van der Waals surface area contributed by atoms with Crippen molar-refractivity contribution < 1.29 is 4.74 Å². The van der Waals surface area contributed by atoms with Crippen LogP contribution in [0.4, 0.5) is 5.95 Å². The molecule has 0 amide bonds. The minimum absolute atomic E-state index is 0.337. The topological polar surface area (TPSA) is 76.4 Å². The van der Waals surface area contributed by atoms with E-state index in [1.54, 1.807) is 17.8 Å². The zero-order valence-electron chi connectivity index (χ0n) is 13.9. The minimum Gasteiger partial charge on any atom is -0.496 e. The number of rotatable bonds is 4. The Morgan fingerprint density at radius 3 is 3.04 bits per heavy atom. The van der Waals surface area contributed by atoms with E-state index in [2.05, 4.69) is 41.9 Å². The molecule has 7 nitrogen and oxygen atoms in total. The fourth-order valence-electron chi connectivity index (χ4n) is 3.14. The van der Waals surface area contributed by atoms with E-state index in [1.165, 1.54) is 0 Å². The third kappa shape index (κ3) is 3.19. The summed E-state index contributed by atoms with van der Waals surface area (Å²) in [5.41, 5.74) is 2.52. The number of fused-ring (bicyclic) bond motifs is 1. The number of nitrogens with zero attached hydrogens (tertiary/aromatic N) is 4. The van der Waals surface area contributed by atoms with Crippen LogP contribution in [0.15, 0.2) is 34.9 Å². The van der Waals surface area contributed by atoms with E-state index in [4.69, 9.17) is 4.74 Å². The second kappa shape index (κ2) is 6.97. The van der Waals surface area contributed by atoms with E-state index in [0.717, 1.165) is 52.9 Å². The van der Waals surface area contributed by atoms with Crippen LogP contribution in [0.3, 0.4) is 0 Å². The Morgan fingerprint density at radius 1 is 1.32 bits per heavy atom. The van der Waals surface area contributed by atoms with Gasteiger partial charge in [-0.05, 0) is 43.7 Å². The molecule has 1 fully saturated rings. The average molecular weight is 403 g/mol. The van der Waals surface area contributed by atoms with E-state index in [0.29, 0.717) is 12.0 Å². The molecule has 2 aromatic heterocycles. The van der Waals surface area contributed by atoms with Gasteiger partial charge in [0.05, 0.1) is 18.8 Å². The third-order valence-corrected chi connectivity index (χ3v) is 4.87. The number of hydrogen-bond acceptors (Lipinski definition) is 6.